The molecule has 0 saturated carbocycles. The molecule has 1 amide bonds. The summed E-state index contributed by atoms with van der Waals surface area (Å²) in [5.41, 5.74) is 3.00. The van der Waals surface area contributed by atoms with Gasteiger partial charge in [0.25, 0.3) is 5.91 Å². The number of carbonyl (C=O) groups is 2. The predicted octanol–water partition coefficient (Wildman–Crippen LogP) is 4.25. The van der Waals surface area contributed by atoms with Gasteiger partial charge in [-0.3, -0.25) is 9.69 Å². The zero-order valence-electron chi connectivity index (χ0n) is 20.9. The Balaban J connectivity index is 1.40. The highest BCUT2D eigenvalue weighted by Crippen LogP contribution is 2.25. The number of rotatable bonds is 9. The van der Waals surface area contributed by atoms with Gasteiger partial charge in [-0.25, -0.2) is 9.78 Å². The molecule has 1 aliphatic rings. The number of nitrogens with zero attached hydrogens (tertiary/aromatic N) is 3. The molecule has 1 atom stereocenters. The van der Waals surface area contributed by atoms with Crippen molar-refractivity contribution in [2.24, 2.45) is 0 Å². The molecule has 1 saturated heterocycles. The first kappa shape index (κ1) is 26.6. The maximum Gasteiger partial charge on any atom is 0.337 e. The molecule has 0 unspecified atom stereocenters. The first-order valence-electron chi connectivity index (χ1n) is 12.0. The molecule has 0 spiro atoms. The normalized spacial score (nSPS) is 14.7. The van der Waals surface area contributed by atoms with Gasteiger partial charge in [-0.05, 0) is 47.5 Å². The lowest BCUT2D eigenvalue weighted by atomic mass is 10.1. The summed E-state index contributed by atoms with van der Waals surface area (Å²) in [5, 5.41) is 0.365. The summed E-state index contributed by atoms with van der Waals surface area (Å²) in [6.45, 7) is 3.72. The van der Waals surface area contributed by atoms with E-state index in [1.165, 1.54) is 13.3 Å². The van der Waals surface area contributed by atoms with Gasteiger partial charge in [-0.1, -0.05) is 35.9 Å². The lowest BCUT2D eigenvalue weighted by molar-refractivity contribution is 0.00331. The molecule has 0 aliphatic carbocycles. The Morgan fingerprint density at radius 2 is 1.70 bits per heavy atom. The Hall–Kier alpha value is -3.46. The van der Waals surface area contributed by atoms with E-state index >= 15 is 0 Å². The summed E-state index contributed by atoms with van der Waals surface area (Å²) in [7, 11) is 3.01. The number of piperazine rings is 1. The maximum absolute atomic E-state index is 12.8. The first-order chi connectivity index (χ1) is 18.0. The monoisotopic (exact) mass is 523 g/mol. The number of halogens is 1. The number of carbonyl (C=O) groups excluding carboxylic acids is 2. The third-order valence-corrected chi connectivity index (χ3v) is 6.57. The third kappa shape index (κ3) is 7.07. The zero-order chi connectivity index (χ0) is 26.2. The molecule has 8 nitrogen and oxygen atoms in total. The number of ether oxygens (including phenoxy) is 3. The maximum atomic E-state index is 12.8. The molecule has 0 N–H and O–H groups in total. The van der Waals surface area contributed by atoms with Gasteiger partial charge in [0, 0.05) is 38.9 Å². The van der Waals surface area contributed by atoms with Crippen molar-refractivity contribution in [1.29, 1.82) is 0 Å². The van der Waals surface area contributed by atoms with Crippen molar-refractivity contribution < 1.29 is 23.8 Å². The molecule has 1 aliphatic heterocycles. The first-order valence-corrected chi connectivity index (χ1v) is 12.4. The van der Waals surface area contributed by atoms with Crippen molar-refractivity contribution in [2.45, 2.75) is 12.7 Å². The molecule has 2 heterocycles. The number of benzene rings is 2. The molecule has 9 heteroatoms. The van der Waals surface area contributed by atoms with Crippen LogP contribution in [0.1, 0.15) is 37.9 Å². The molecule has 0 bridgehead atoms. The summed E-state index contributed by atoms with van der Waals surface area (Å²) in [4.78, 5) is 32.7. The Labute approximate surface area is 221 Å². The summed E-state index contributed by atoms with van der Waals surface area (Å²) >= 11 is 5.85. The molecule has 2 aromatic carbocycles. The minimum atomic E-state index is -0.369. The molecule has 1 fully saturated rings. The summed E-state index contributed by atoms with van der Waals surface area (Å²) in [5.74, 6) is 0.354. The van der Waals surface area contributed by atoms with E-state index in [0.29, 0.717) is 42.5 Å². The second kappa shape index (κ2) is 12.7. The predicted molar refractivity (Wildman–Crippen MR) is 140 cm³/mol. The number of methoxy groups -OCH3 is 2. The lowest BCUT2D eigenvalue weighted by Crippen LogP contribution is -2.49. The van der Waals surface area contributed by atoms with Gasteiger partial charge in [-0.2, -0.15) is 0 Å². The summed E-state index contributed by atoms with van der Waals surface area (Å²) in [6, 6.07) is 18.4. The molecule has 3 aromatic rings. The number of pyridine rings is 1. The third-order valence-electron chi connectivity index (χ3n) is 6.35. The summed E-state index contributed by atoms with van der Waals surface area (Å²) in [6.07, 6.45) is 1.31. The molecule has 1 aromatic heterocycles. The van der Waals surface area contributed by atoms with E-state index in [0.717, 1.165) is 30.0 Å². The van der Waals surface area contributed by atoms with E-state index in [1.54, 1.807) is 31.4 Å². The molecular formula is C28H30ClN3O5. The van der Waals surface area contributed by atoms with Gasteiger partial charge in [0.15, 0.2) is 0 Å². The van der Waals surface area contributed by atoms with Gasteiger partial charge in [-0.15, -0.1) is 0 Å². The number of hydrogen-bond donors (Lipinski definition) is 0. The number of hydrogen-bond acceptors (Lipinski definition) is 7. The van der Waals surface area contributed by atoms with Crippen LogP contribution < -0.4 is 4.74 Å². The zero-order valence-corrected chi connectivity index (χ0v) is 21.7. The van der Waals surface area contributed by atoms with E-state index < -0.39 is 0 Å². The smallest absolute Gasteiger partial charge is 0.337 e. The van der Waals surface area contributed by atoms with Crippen LogP contribution in [-0.2, 0) is 16.1 Å². The Kier molecular flexibility index (Phi) is 9.11. The average molecular weight is 524 g/mol. The van der Waals surface area contributed by atoms with Crippen molar-refractivity contribution in [1.82, 2.24) is 14.8 Å². The number of esters is 1. The van der Waals surface area contributed by atoms with Crippen LogP contribution in [-0.4, -0.2) is 73.6 Å². The van der Waals surface area contributed by atoms with Crippen molar-refractivity contribution in [3.63, 3.8) is 0 Å². The van der Waals surface area contributed by atoms with Crippen LogP contribution in [0, 0.1) is 0 Å². The second-order valence-electron chi connectivity index (χ2n) is 8.73. The fourth-order valence-corrected chi connectivity index (χ4v) is 4.31. The fourth-order valence-electron chi connectivity index (χ4n) is 4.20. The minimum Gasteiger partial charge on any atom is -0.497 e. The Morgan fingerprint density at radius 3 is 2.35 bits per heavy atom. The van der Waals surface area contributed by atoms with Crippen LogP contribution in [0.5, 0.6) is 5.75 Å². The van der Waals surface area contributed by atoms with Gasteiger partial charge < -0.3 is 19.1 Å². The van der Waals surface area contributed by atoms with Crippen molar-refractivity contribution in [2.75, 3.05) is 46.9 Å². The molecule has 37 heavy (non-hydrogen) atoms. The highest BCUT2D eigenvalue weighted by Gasteiger charge is 2.25. The molecule has 194 valence electrons. The highest BCUT2D eigenvalue weighted by atomic mass is 35.5. The minimum absolute atomic E-state index is 0.0418. The van der Waals surface area contributed by atoms with Gasteiger partial charge in [0.2, 0.25) is 0 Å². The number of amides is 1. The van der Waals surface area contributed by atoms with Crippen LogP contribution in [0.2, 0.25) is 5.15 Å². The van der Waals surface area contributed by atoms with E-state index in [-0.39, 0.29) is 18.0 Å². The van der Waals surface area contributed by atoms with Crippen LogP contribution in [0.25, 0.3) is 0 Å². The standard InChI is InChI=1S/C28H30ClN3O5/c1-35-24-5-3-4-22(16-24)25(37-19-20-6-8-21(9-7-20)28(34)36-2)18-31-12-14-32(15-13-31)27(33)23-10-11-26(29)30-17-23/h3-11,16-17,25H,12-15,18-19H2,1-2H3/t25-/m0/s1. The van der Waals surface area contributed by atoms with Crippen LogP contribution in [0.4, 0.5) is 0 Å². The van der Waals surface area contributed by atoms with Crippen molar-refractivity contribution in [3.8, 4) is 5.75 Å². The van der Waals surface area contributed by atoms with E-state index in [1.807, 2.05) is 41.3 Å². The number of aromatic nitrogens is 1. The van der Waals surface area contributed by atoms with E-state index in [2.05, 4.69) is 9.88 Å². The van der Waals surface area contributed by atoms with E-state index in [9.17, 15) is 9.59 Å². The topological polar surface area (TPSA) is 81.2 Å². The second-order valence-corrected chi connectivity index (χ2v) is 9.11. The van der Waals surface area contributed by atoms with Crippen molar-refractivity contribution >= 4 is 23.5 Å². The van der Waals surface area contributed by atoms with Gasteiger partial charge in [0.1, 0.15) is 10.9 Å². The SMILES string of the molecule is COC(=O)c1ccc(CO[C@@H](CN2CCN(C(=O)c3ccc(Cl)nc3)CC2)c2cccc(OC)c2)cc1. The summed E-state index contributed by atoms with van der Waals surface area (Å²) < 4.78 is 16.6. The molecule has 0 radical (unpaired) electrons. The largest absolute Gasteiger partial charge is 0.497 e. The van der Waals surface area contributed by atoms with E-state index in [4.69, 9.17) is 25.8 Å². The molecular weight excluding hydrogens is 494 g/mol. The van der Waals surface area contributed by atoms with Crippen LogP contribution in [0.15, 0.2) is 66.9 Å². The van der Waals surface area contributed by atoms with Gasteiger partial charge >= 0.3 is 5.97 Å². The Morgan fingerprint density at radius 1 is 0.973 bits per heavy atom. The Bertz CT molecular complexity index is 1200. The van der Waals surface area contributed by atoms with Crippen LogP contribution >= 0.6 is 11.6 Å². The van der Waals surface area contributed by atoms with Gasteiger partial charge in [0.05, 0.1) is 38.1 Å². The lowest BCUT2D eigenvalue weighted by Gasteiger charge is -2.36. The molecule has 4 rings (SSSR count). The van der Waals surface area contributed by atoms with Crippen LogP contribution in [0.3, 0.4) is 0 Å². The fraction of sp³-hybridized carbons (Fsp3) is 0.321. The quantitative estimate of drug-likeness (QED) is 0.306. The highest BCUT2D eigenvalue weighted by molar-refractivity contribution is 6.29. The van der Waals surface area contributed by atoms with Crippen molar-refractivity contribution in [3.05, 3.63) is 94.3 Å². The average Bonchev–Trinajstić information content (AvgIpc) is 2.95.